The molecule has 2 unspecified atom stereocenters. The van der Waals surface area contributed by atoms with E-state index in [-0.39, 0.29) is 18.0 Å². The highest BCUT2D eigenvalue weighted by Gasteiger charge is 2.29. The Morgan fingerprint density at radius 2 is 2.19 bits per heavy atom. The quantitative estimate of drug-likeness (QED) is 0.578. The average molecular weight is 371 g/mol. The summed E-state index contributed by atoms with van der Waals surface area (Å²) in [5.41, 5.74) is 7.67. The van der Waals surface area contributed by atoms with Gasteiger partial charge in [-0.05, 0) is 36.2 Å². The van der Waals surface area contributed by atoms with Crippen LogP contribution >= 0.6 is 11.6 Å². The fourth-order valence-corrected chi connectivity index (χ4v) is 2.99. The summed E-state index contributed by atoms with van der Waals surface area (Å²) in [5, 5.41) is 15.6. The lowest BCUT2D eigenvalue weighted by atomic mass is 10.0. The summed E-state index contributed by atoms with van der Waals surface area (Å²) in [7, 11) is 0. The number of hydrazine groups is 1. The predicted octanol–water partition coefficient (Wildman–Crippen LogP) is 1.74. The maximum atomic E-state index is 12.3. The molecule has 2 atom stereocenters. The van der Waals surface area contributed by atoms with Gasteiger partial charge in [-0.1, -0.05) is 23.7 Å². The van der Waals surface area contributed by atoms with Crippen LogP contribution in [0.4, 0.5) is 5.82 Å². The number of aromatic nitrogens is 1. The molecule has 0 aliphatic carbocycles. The number of pyridine rings is 1. The molecule has 1 amide bonds. The number of halogens is 1. The minimum atomic E-state index is -0.316. The van der Waals surface area contributed by atoms with E-state index >= 15 is 0 Å². The van der Waals surface area contributed by atoms with Crippen LogP contribution in [0.15, 0.2) is 42.6 Å². The Labute approximate surface area is 156 Å². The molecule has 8 heteroatoms. The van der Waals surface area contributed by atoms with Crippen molar-refractivity contribution in [3.63, 3.8) is 0 Å². The molecule has 1 saturated heterocycles. The first-order valence-electron chi connectivity index (χ1n) is 8.30. The number of rotatable bonds is 6. The Hall–Kier alpha value is -2.66. The minimum absolute atomic E-state index is 0.0364. The van der Waals surface area contributed by atoms with Crippen LogP contribution in [-0.2, 0) is 4.79 Å². The molecule has 3 rings (SSSR count). The summed E-state index contributed by atoms with van der Waals surface area (Å²) in [6, 6.07) is 12.8. The molecule has 134 valence electrons. The number of nitriles is 1. The van der Waals surface area contributed by atoms with Crippen LogP contribution in [-0.4, -0.2) is 30.0 Å². The molecule has 1 aliphatic heterocycles. The number of hydrogen-bond acceptors (Lipinski definition) is 6. The number of amides is 1. The molecule has 7 nitrogen and oxygen atoms in total. The largest absolute Gasteiger partial charge is 0.367 e. The van der Waals surface area contributed by atoms with Crippen molar-refractivity contribution < 1.29 is 4.79 Å². The van der Waals surface area contributed by atoms with E-state index in [4.69, 9.17) is 16.9 Å². The van der Waals surface area contributed by atoms with Gasteiger partial charge in [-0.3, -0.25) is 4.79 Å². The molecule has 1 aliphatic rings. The maximum Gasteiger partial charge on any atom is 0.238 e. The molecule has 0 radical (unpaired) electrons. The van der Waals surface area contributed by atoms with E-state index < -0.39 is 0 Å². The molecule has 26 heavy (non-hydrogen) atoms. The second-order valence-electron chi connectivity index (χ2n) is 5.91. The van der Waals surface area contributed by atoms with E-state index in [9.17, 15) is 4.79 Å². The molecule has 2 aromatic rings. The van der Waals surface area contributed by atoms with Gasteiger partial charge in [0.15, 0.2) is 0 Å². The Morgan fingerprint density at radius 1 is 1.31 bits per heavy atom. The first-order chi connectivity index (χ1) is 12.7. The molecule has 1 fully saturated rings. The molecule has 1 aromatic carbocycles. The Morgan fingerprint density at radius 3 is 3.00 bits per heavy atom. The van der Waals surface area contributed by atoms with Crippen LogP contribution in [0.5, 0.6) is 0 Å². The van der Waals surface area contributed by atoms with Crippen LogP contribution < -0.4 is 21.5 Å². The fourth-order valence-electron chi connectivity index (χ4n) is 2.80. The highest BCUT2D eigenvalue weighted by Crippen LogP contribution is 2.24. The van der Waals surface area contributed by atoms with Gasteiger partial charge in [0.2, 0.25) is 5.91 Å². The third-order valence-corrected chi connectivity index (χ3v) is 4.35. The van der Waals surface area contributed by atoms with Gasteiger partial charge in [0.1, 0.15) is 17.9 Å². The summed E-state index contributed by atoms with van der Waals surface area (Å²) in [4.78, 5) is 16.4. The van der Waals surface area contributed by atoms with E-state index in [1.54, 1.807) is 18.3 Å². The van der Waals surface area contributed by atoms with Crippen molar-refractivity contribution >= 4 is 23.3 Å². The number of nitrogens with zero attached hydrogens (tertiary/aromatic N) is 2. The third kappa shape index (κ3) is 4.49. The van der Waals surface area contributed by atoms with Gasteiger partial charge in [-0.15, -0.1) is 0 Å². The van der Waals surface area contributed by atoms with E-state index in [0.717, 1.165) is 5.56 Å². The zero-order valence-electron chi connectivity index (χ0n) is 14.0. The number of carbonyl (C=O) groups excluding carboxylic acids is 1. The highest BCUT2D eigenvalue weighted by molar-refractivity contribution is 6.30. The zero-order valence-corrected chi connectivity index (χ0v) is 14.8. The summed E-state index contributed by atoms with van der Waals surface area (Å²) < 4.78 is 0. The topological polar surface area (TPSA) is 102 Å². The van der Waals surface area contributed by atoms with Gasteiger partial charge in [0.05, 0.1) is 5.56 Å². The lowest BCUT2D eigenvalue weighted by Crippen LogP contribution is -2.44. The van der Waals surface area contributed by atoms with Gasteiger partial charge in [-0.25, -0.2) is 15.8 Å². The van der Waals surface area contributed by atoms with Gasteiger partial charge in [-0.2, -0.15) is 5.26 Å². The molecular formula is C18H19ClN6O. The van der Waals surface area contributed by atoms with Crippen LogP contribution in [0.25, 0.3) is 0 Å². The number of hydrogen-bond donors (Lipinski definition) is 4. The molecular weight excluding hydrogens is 352 g/mol. The summed E-state index contributed by atoms with van der Waals surface area (Å²) in [6.07, 6.45) is 2.25. The van der Waals surface area contributed by atoms with Gasteiger partial charge in [0.25, 0.3) is 0 Å². The van der Waals surface area contributed by atoms with E-state index in [1.165, 1.54) is 0 Å². The molecule has 0 saturated carbocycles. The molecule has 1 aromatic heterocycles. The van der Waals surface area contributed by atoms with Crippen LogP contribution in [0, 0.1) is 11.3 Å². The van der Waals surface area contributed by atoms with Crippen LogP contribution in [0.1, 0.15) is 23.6 Å². The SMILES string of the molecule is N#Cc1cccnc1NCCNC(=O)C1CC(c2cccc(Cl)c2)NN1. The first-order valence-corrected chi connectivity index (χ1v) is 8.68. The molecule has 4 N–H and O–H groups in total. The number of anilines is 1. The second kappa shape index (κ2) is 8.63. The van der Waals surface area contributed by atoms with Crippen molar-refractivity contribution in [3.8, 4) is 6.07 Å². The molecule has 0 spiro atoms. The lowest BCUT2D eigenvalue weighted by Gasteiger charge is -2.12. The fraction of sp³-hybridized carbons (Fsp3) is 0.278. The van der Waals surface area contributed by atoms with Crippen molar-refractivity contribution in [2.75, 3.05) is 18.4 Å². The number of benzene rings is 1. The Kier molecular flexibility index (Phi) is 6.02. The first kappa shape index (κ1) is 18.1. The van der Waals surface area contributed by atoms with Crippen LogP contribution in [0.2, 0.25) is 5.02 Å². The summed E-state index contributed by atoms with van der Waals surface area (Å²) in [6.45, 7) is 0.912. The average Bonchev–Trinajstić information content (AvgIpc) is 3.16. The summed E-state index contributed by atoms with van der Waals surface area (Å²) >= 11 is 6.02. The van der Waals surface area contributed by atoms with Gasteiger partial charge in [0, 0.05) is 30.4 Å². The highest BCUT2D eigenvalue weighted by atomic mass is 35.5. The van der Waals surface area contributed by atoms with Crippen molar-refractivity contribution in [1.82, 2.24) is 21.2 Å². The minimum Gasteiger partial charge on any atom is -0.367 e. The summed E-state index contributed by atoms with van der Waals surface area (Å²) in [5.74, 6) is 0.441. The number of carbonyl (C=O) groups is 1. The molecule has 2 heterocycles. The van der Waals surface area contributed by atoms with Crippen molar-refractivity contribution in [1.29, 1.82) is 5.26 Å². The van der Waals surface area contributed by atoms with E-state index in [1.807, 2.05) is 24.3 Å². The van der Waals surface area contributed by atoms with Crippen molar-refractivity contribution in [3.05, 3.63) is 58.7 Å². The Balaban J connectivity index is 1.44. The van der Waals surface area contributed by atoms with Crippen LogP contribution in [0.3, 0.4) is 0 Å². The van der Waals surface area contributed by atoms with Crippen molar-refractivity contribution in [2.45, 2.75) is 18.5 Å². The predicted molar refractivity (Wildman–Crippen MR) is 99.3 cm³/mol. The van der Waals surface area contributed by atoms with Crippen molar-refractivity contribution in [2.24, 2.45) is 0 Å². The standard InChI is InChI=1S/C18H19ClN6O/c19-14-5-1-3-12(9-14)15-10-16(25-24-15)18(26)23-8-7-22-17-13(11-20)4-2-6-21-17/h1-6,9,15-16,24-25H,7-8,10H2,(H,21,22)(H,23,26). The van der Waals surface area contributed by atoms with Gasteiger partial charge >= 0.3 is 0 Å². The number of nitrogens with one attached hydrogen (secondary N) is 4. The maximum absolute atomic E-state index is 12.3. The Bertz CT molecular complexity index is 821. The monoisotopic (exact) mass is 370 g/mol. The lowest BCUT2D eigenvalue weighted by molar-refractivity contribution is -0.122. The van der Waals surface area contributed by atoms with Gasteiger partial charge < -0.3 is 10.6 Å². The molecule has 0 bridgehead atoms. The zero-order chi connectivity index (χ0) is 18.4. The van der Waals surface area contributed by atoms with E-state index in [2.05, 4.69) is 32.5 Å². The normalized spacial score (nSPS) is 18.9. The van der Waals surface area contributed by atoms with E-state index in [0.29, 0.717) is 35.9 Å². The smallest absolute Gasteiger partial charge is 0.238 e. The second-order valence-corrected chi connectivity index (χ2v) is 6.35. The third-order valence-electron chi connectivity index (χ3n) is 4.12.